The topological polar surface area (TPSA) is 55.2 Å². The van der Waals surface area contributed by atoms with Crippen molar-refractivity contribution in [2.75, 3.05) is 13.1 Å². The van der Waals surface area contributed by atoms with Crippen molar-refractivity contribution in [2.24, 2.45) is 0 Å². The van der Waals surface area contributed by atoms with Crippen LogP contribution in [0.5, 0.6) is 0 Å². The number of thiophene rings is 1. The van der Waals surface area contributed by atoms with Gasteiger partial charge in [-0.3, -0.25) is 14.2 Å². The Morgan fingerprint density at radius 3 is 2.45 bits per heavy atom. The van der Waals surface area contributed by atoms with E-state index in [1.54, 1.807) is 4.57 Å². The molecule has 172 valence electrons. The summed E-state index contributed by atoms with van der Waals surface area (Å²) >= 11 is 2.92. The monoisotopic (exact) mass is 479 g/mol. The molecule has 5 nitrogen and oxygen atoms in total. The molecule has 0 fully saturated rings. The first-order valence-electron chi connectivity index (χ1n) is 11.5. The third kappa shape index (κ3) is 4.84. The molecule has 7 heteroatoms. The minimum Gasteiger partial charge on any atom is -0.342 e. The van der Waals surface area contributed by atoms with Gasteiger partial charge in [-0.15, -0.1) is 11.3 Å². The number of hydrogen-bond donors (Lipinski definition) is 0. The number of fused-ring (bicyclic) bond motifs is 3. The van der Waals surface area contributed by atoms with E-state index < -0.39 is 0 Å². The summed E-state index contributed by atoms with van der Waals surface area (Å²) in [7, 11) is 0. The lowest BCUT2D eigenvalue weighted by atomic mass is 10.1. The number of aryl methyl sites for hydroxylation is 1. The minimum absolute atomic E-state index is 0.0234. The van der Waals surface area contributed by atoms with Gasteiger partial charge in [0.1, 0.15) is 4.70 Å². The predicted octanol–water partition coefficient (Wildman–Crippen LogP) is 5.59. The van der Waals surface area contributed by atoms with Gasteiger partial charge in [-0.25, -0.2) is 4.98 Å². The molecule has 1 atom stereocenters. The van der Waals surface area contributed by atoms with Gasteiger partial charge in [0.15, 0.2) is 5.16 Å². The van der Waals surface area contributed by atoms with Crippen LogP contribution in [0.3, 0.4) is 0 Å². The maximum absolute atomic E-state index is 13.7. The maximum Gasteiger partial charge on any atom is 0.272 e. The third-order valence-electron chi connectivity index (χ3n) is 5.88. The summed E-state index contributed by atoms with van der Waals surface area (Å²) in [4.78, 5) is 33.6. The molecule has 4 rings (SSSR count). The van der Waals surface area contributed by atoms with Gasteiger partial charge in [-0.1, -0.05) is 67.2 Å². The van der Waals surface area contributed by atoms with E-state index in [2.05, 4.69) is 12.1 Å². The molecular weight excluding hydrogens is 450 g/mol. The van der Waals surface area contributed by atoms with Crippen LogP contribution in [0.4, 0.5) is 0 Å². The molecule has 0 saturated carbocycles. The summed E-state index contributed by atoms with van der Waals surface area (Å²) in [6.45, 7) is 7.89. The Labute approximate surface area is 202 Å². The number of amides is 1. The number of aromatic nitrogens is 2. The standard InChI is InChI=1S/C26H29N3O2S2/c1-4-20(24(30)28(5-2)6-3)33-26-27-22-19-14-10-11-15-21(19)32-23(22)25(31)29(26)17-16-18-12-8-7-9-13-18/h7-15,20H,4-6,16-17H2,1-3H3. The number of carbonyl (C=O) groups excluding carboxylic acids is 1. The Bertz CT molecular complexity index is 1310. The Morgan fingerprint density at radius 1 is 1.06 bits per heavy atom. The number of benzene rings is 2. The van der Waals surface area contributed by atoms with Crippen LogP contribution in [0, 0.1) is 0 Å². The van der Waals surface area contributed by atoms with Gasteiger partial charge in [0, 0.05) is 29.7 Å². The van der Waals surface area contributed by atoms with Crippen LogP contribution in [-0.4, -0.2) is 38.7 Å². The van der Waals surface area contributed by atoms with Crippen molar-refractivity contribution < 1.29 is 4.79 Å². The Hall–Kier alpha value is -2.64. The van der Waals surface area contributed by atoms with Crippen LogP contribution in [0.1, 0.15) is 32.8 Å². The second-order valence-corrected chi connectivity index (χ2v) is 10.1. The molecule has 2 aromatic carbocycles. The lowest BCUT2D eigenvalue weighted by molar-refractivity contribution is -0.130. The summed E-state index contributed by atoms with van der Waals surface area (Å²) in [5, 5.41) is 1.34. The van der Waals surface area contributed by atoms with Crippen molar-refractivity contribution in [3.63, 3.8) is 0 Å². The predicted molar refractivity (Wildman–Crippen MR) is 139 cm³/mol. The highest BCUT2D eigenvalue weighted by Gasteiger charge is 2.25. The SMILES string of the molecule is CCC(Sc1nc2c(sc3ccccc32)c(=O)n1CCc1ccccc1)C(=O)N(CC)CC. The summed E-state index contributed by atoms with van der Waals surface area (Å²) < 4.78 is 3.50. The third-order valence-corrected chi connectivity index (χ3v) is 8.37. The average molecular weight is 480 g/mol. The molecule has 0 saturated heterocycles. The zero-order chi connectivity index (χ0) is 23.4. The smallest absolute Gasteiger partial charge is 0.272 e. The normalized spacial score (nSPS) is 12.3. The molecular formula is C26H29N3O2S2. The van der Waals surface area contributed by atoms with E-state index in [1.165, 1.54) is 28.7 Å². The highest BCUT2D eigenvalue weighted by molar-refractivity contribution is 8.00. The van der Waals surface area contributed by atoms with Gasteiger partial charge in [0.2, 0.25) is 5.91 Å². The molecule has 2 heterocycles. The van der Waals surface area contributed by atoms with Crippen molar-refractivity contribution in [3.8, 4) is 0 Å². The van der Waals surface area contributed by atoms with Crippen LogP contribution >= 0.6 is 23.1 Å². The van der Waals surface area contributed by atoms with Crippen molar-refractivity contribution in [1.82, 2.24) is 14.5 Å². The summed E-state index contributed by atoms with van der Waals surface area (Å²) in [6.07, 6.45) is 1.41. The molecule has 0 aliphatic rings. The van der Waals surface area contributed by atoms with Crippen LogP contribution in [0.2, 0.25) is 0 Å². The van der Waals surface area contributed by atoms with Crippen molar-refractivity contribution >= 4 is 49.3 Å². The van der Waals surface area contributed by atoms with Gasteiger partial charge in [-0.2, -0.15) is 0 Å². The number of thioether (sulfide) groups is 1. The highest BCUT2D eigenvalue weighted by atomic mass is 32.2. The van der Waals surface area contributed by atoms with Crippen molar-refractivity contribution in [1.29, 1.82) is 0 Å². The zero-order valence-corrected chi connectivity index (χ0v) is 20.9. The van der Waals surface area contributed by atoms with E-state index in [-0.39, 0.29) is 16.7 Å². The Morgan fingerprint density at radius 2 is 1.76 bits per heavy atom. The number of carbonyl (C=O) groups is 1. The van der Waals surface area contributed by atoms with Gasteiger partial charge in [0.25, 0.3) is 5.56 Å². The lowest BCUT2D eigenvalue weighted by Crippen LogP contribution is -2.37. The molecule has 0 aliphatic heterocycles. The van der Waals surface area contributed by atoms with Crippen molar-refractivity contribution in [2.45, 2.75) is 50.6 Å². The first-order valence-corrected chi connectivity index (χ1v) is 13.2. The molecule has 0 spiro atoms. The Balaban J connectivity index is 1.79. The van der Waals surface area contributed by atoms with E-state index >= 15 is 0 Å². The molecule has 33 heavy (non-hydrogen) atoms. The quantitative estimate of drug-likeness (QED) is 0.232. The minimum atomic E-state index is -0.276. The Kier molecular flexibility index (Phi) is 7.50. The van der Waals surface area contributed by atoms with E-state index in [0.29, 0.717) is 35.9 Å². The fourth-order valence-electron chi connectivity index (χ4n) is 4.00. The van der Waals surface area contributed by atoms with Crippen molar-refractivity contribution in [3.05, 3.63) is 70.5 Å². The molecule has 1 unspecified atom stereocenters. The maximum atomic E-state index is 13.7. The van der Waals surface area contributed by atoms with Crippen LogP contribution in [0.15, 0.2) is 64.5 Å². The number of nitrogens with zero attached hydrogens (tertiary/aromatic N) is 3. The lowest BCUT2D eigenvalue weighted by Gasteiger charge is -2.24. The molecule has 4 aromatic rings. The highest BCUT2D eigenvalue weighted by Crippen LogP contribution is 2.33. The molecule has 0 radical (unpaired) electrons. The fraction of sp³-hybridized carbons (Fsp3) is 0.346. The molecule has 0 bridgehead atoms. The first kappa shape index (κ1) is 23.5. The second kappa shape index (κ2) is 10.5. The molecule has 0 aliphatic carbocycles. The van der Waals surface area contributed by atoms with Gasteiger partial charge < -0.3 is 4.90 Å². The zero-order valence-electron chi connectivity index (χ0n) is 19.3. The van der Waals surface area contributed by atoms with Crippen LogP contribution in [-0.2, 0) is 17.8 Å². The summed E-state index contributed by atoms with van der Waals surface area (Å²) in [5.41, 5.74) is 1.89. The number of hydrogen-bond acceptors (Lipinski definition) is 5. The van der Waals surface area contributed by atoms with E-state index in [4.69, 9.17) is 4.98 Å². The fourth-order valence-corrected chi connectivity index (χ4v) is 6.21. The summed E-state index contributed by atoms with van der Waals surface area (Å²) in [6, 6.07) is 18.2. The van der Waals surface area contributed by atoms with Gasteiger partial charge in [-0.05, 0) is 38.3 Å². The molecule has 1 amide bonds. The second-order valence-electron chi connectivity index (χ2n) is 7.89. The van der Waals surface area contributed by atoms with E-state index in [9.17, 15) is 9.59 Å². The van der Waals surface area contributed by atoms with E-state index in [0.717, 1.165) is 22.0 Å². The van der Waals surface area contributed by atoms with Gasteiger partial charge >= 0.3 is 0 Å². The summed E-state index contributed by atoms with van der Waals surface area (Å²) in [5.74, 6) is 0.103. The average Bonchev–Trinajstić information content (AvgIpc) is 3.22. The first-order chi connectivity index (χ1) is 16.1. The molecule has 2 aromatic heterocycles. The van der Waals surface area contributed by atoms with Gasteiger partial charge in [0.05, 0.1) is 10.8 Å². The van der Waals surface area contributed by atoms with Crippen LogP contribution < -0.4 is 5.56 Å². The number of rotatable bonds is 9. The molecule has 0 N–H and O–H groups in total. The van der Waals surface area contributed by atoms with E-state index in [1.807, 2.05) is 68.1 Å². The van der Waals surface area contributed by atoms with Crippen LogP contribution in [0.25, 0.3) is 20.3 Å². The largest absolute Gasteiger partial charge is 0.342 e.